The first-order chi connectivity index (χ1) is 8.69. The van der Waals surface area contributed by atoms with Gasteiger partial charge in [-0.15, -0.1) is 21.5 Å². The Morgan fingerprint density at radius 2 is 2.28 bits per heavy atom. The molecule has 0 aliphatic rings. The van der Waals surface area contributed by atoms with Crippen LogP contribution in [-0.4, -0.2) is 27.8 Å². The summed E-state index contributed by atoms with van der Waals surface area (Å²) in [5.74, 6) is 5.06. The van der Waals surface area contributed by atoms with Crippen LogP contribution in [0.1, 0.15) is 19.6 Å². The lowest BCUT2D eigenvalue weighted by Gasteiger charge is -1.96. The number of rotatable bonds is 2. The molecule has 0 unspecified atom stereocenters. The Morgan fingerprint density at radius 1 is 1.44 bits per heavy atom. The molecule has 0 radical (unpaired) electrons. The maximum absolute atomic E-state index is 11.9. The number of hydrogen-bond acceptors (Lipinski definition) is 6. The van der Waals surface area contributed by atoms with Crippen molar-refractivity contribution in [1.29, 1.82) is 0 Å². The molecule has 2 rings (SSSR count). The number of aromatic nitrogens is 2. The van der Waals surface area contributed by atoms with Crippen LogP contribution in [0.15, 0.2) is 12.1 Å². The molecule has 7 heteroatoms. The average Bonchev–Trinajstić information content (AvgIpc) is 2.96. The zero-order chi connectivity index (χ0) is 13.0. The van der Waals surface area contributed by atoms with Crippen LogP contribution in [0.4, 0.5) is 5.13 Å². The van der Waals surface area contributed by atoms with Crippen molar-refractivity contribution in [2.45, 2.75) is 6.92 Å². The van der Waals surface area contributed by atoms with Gasteiger partial charge in [0.15, 0.2) is 0 Å². The van der Waals surface area contributed by atoms with Crippen molar-refractivity contribution >= 4 is 33.7 Å². The van der Waals surface area contributed by atoms with E-state index in [4.69, 9.17) is 5.11 Å². The molecular formula is C11H9N3O2S2. The van der Waals surface area contributed by atoms with E-state index in [9.17, 15) is 4.79 Å². The molecule has 0 saturated carbocycles. The highest BCUT2D eigenvalue weighted by molar-refractivity contribution is 7.16. The Balaban J connectivity index is 2.07. The topological polar surface area (TPSA) is 75.1 Å². The second-order valence-electron chi connectivity index (χ2n) is 3.20. The summed E-state index contributed by atoms with van der Waals surface area (Å²) in [7, 11) is 0. The minimum Gasteiger partial charge on any atom is -0.384 e. The number of aliphatic hydroxyl groups excluding tert-OH is 1. The van der Waals surface area contributed by atoms with Gasteiger partial charge in [-0.3, -0.25) is 10.1 Å². The van der Waals surface area contributed by atoms with E-state index >= 15 is 0 Å². The quantitative estimate of drug-likeness (QED) is 0.817. The number of thiophene rings is 1. The summed E-state index contributed by atoms with van der Waals surface area (Å²) >= 11 is 2.59. The Bertz CT molecular complexity index is 622. The lowest BCUT2D eigenvalue weighted by atomic mass is 10.4. The van der Waals surface area contributed by atoms with Gasteiger partial charge in [-0.1, -0.05) is 23.2 Å². The van der Waals surface area contributed by atoms with Gasteiger partial charge in [0.05, 0.1) is 9.75 Å². The maximum Gasteiger partial charge on any atom is 0.267 e. The largest absolute Gasteiger partial charge is 0.384 e. The van der Waals surface area contributed by atoms with E-state index in [2.05, 4.69) is 27.4 Å². The third kappa shape index (κ3) is 3.13. The number of aryl methyl sites for hydroxylation is 1. The first-order valence-electron chi connectivity index (χ1n) is 5.00. The fourth-order valence-electron chi connectivity index (χ4n) is 1.16. The lowest BCUT2D eigenvalue weighted by molar-refractivity contribution is 0.103. The highest BCUT2D eigenvalue weighted by atomic mass is 32.1. The third-order valence-electron chi connectivity index (χ3n) is 1.87. The number of nitrogens with zero attached hydrogens (tertiary/aromatic N) is 2. The Morgan fingerprint density at radius 3 is 2.94 bits per heavy atom. The van der Waals surface area contributed by atoms with Crippen LogP contribution in [-0.2, 0) is 0 Å². The fourth-order valence-corrected chi connectivity index (χ4v) is 2.52. The number of nitrogens with one attached hydrogen (secondary N) is 1. The molecule has 0 aromatic carbocycles. The van der Waals surface area contributed by atoms with Crippen LogP contribution in [0.5, 0.6) is 0 Å². The second kappa shape index (κ2) is 5.73. The van der Waals surface area contributed by atoms with Gasteiger partial charge >= 0.3 is 0 Å². The molecule has 1 amide bonds. The number of hydrogen-bond donors (Lipinski definition) is 2. The predicted octanol–water partition coefficient (Wildman–Crippen LogP) is 1.50. The monoisotopic (exact) mass is 279 g/mol. The normalized spacial score (nSPS) is 9.67. The minimum absolute atomic E-state index is 0.191. The molecule has 0 aliphatic heterocycles. The van der Waals surface area contributed by atoms with E-state index in [1.54, 1.807) is 12.1 Å². The van der Waals surface area contributed by atoms with Gasteiger partial charge in [-0.25, -0.2) is 0 Å². The van der Waals surface area contributed by atoms with Crippen molar-refractivity contribution in [1.82, 2.24) is 10.2 Å². The maximum atomic E-state index is 11.9. The van der Waals surface area contributed by atoms with E-state index < -0.39 is 0 Å². The summed E-state index contributed by atoms with van der Waals surface area (Å²) in [6.07, 6.45) is 0. The standard InChI is InChI=1S/C11H9N3O2S2/c1-7-13-14-11(17-7)12-10(16)9-5-4-8(18-9)3-2-6-15/h4-5,15H,6H2,1H3,(H,12,14,16). The van der Waals surface area contributed by atoms with Crippen LogP contribution in [0.2, 0.25) is 0 Å². The van der Waals surface area contributed by atoms with Crippen molar-refractivity contribution < 1.29 is 9.90 Å². The number of amides is 1. The van der Waals surface area contributed by atoms with Crippen LogP contribution < -0.4 is 5.32 Å². The van der Waals surface area contributed by atoms with Crippen molar-refractivity contribution in [3.05, 3.63) is 26.9 Å². The Kier molecular flexibility index (Phi) is 4.04. The van der Waals surface area contributed by atoms with Crippen LogP contribution >= 0.6 is 22.7 Å². The molecule has 0 saturated heterocycles. The first-order valence-corrected chi connectivity index (χ1v) is 6.63. The second-order valence-corrected chi connectivity index (χ2v) is 5.47. The molecule has 0 bridgehead atoms. The smallest absolute Gasteiger partial charge is 0.267 e. The summed E-state index contributed by atoms with van der Waals surface area (Å²) in [6.45, 7) is 1.63. The molecule has 92 valence electrons. The molecule has 0 aliphatic carbocycles. The third-order valence-corrected chi connectivity index (χ3v) is 3.62. The molecule has 0 fully saturated rings. The Labute approximate surface area is 112 Å². The molecule has 2 N–H and O–H groups in total. The number of anilines is 1. The summed E-state index contributed by atoms with van der Waals surface area (Å²) in [4.78, 5) is 13.1. The summed E-state index contributed by atoms with van der Waals surface area (Å²) < 4.78 is 0. The van der Waals surface area contributed by atoms with Crippen LogP contribution in [0.25, 0.3) is 0 Å². The number of carbonyl (C=O) groups excluding carboxylic acids is 1. The molecule has 5 nitrogen and oxygen atoms in total. The zero-order valence-corrected chi connectivity index (χ0v) is 11.1. The van der Waals surface area contributed by atoms with Gasteiger partial charge < -0.3 is 5.11 Å². The molecule has 0 atom stereocenters. The van der Waals surface area contributed by atoms with Crippen LogP contribution in [0.3, 0.4) is 0 Å². The van der Waals surface area contributed by atoms with E-state index in [-0.39, 0.29) is 12.5 Å². The molecular weight excluding hydrogens is 270 g/mol. The van der Waals surface area contributed by atoms with Crippen molar-refractivity contribution in [3.63, 3.8) is 0 Å². The van der Waals surface area contributed by atoms with Crippen molar-refractivity contribution in [2.24, 2.45) is 0 Å². The van der Waals surface area contributed by atoms with Crippen molar-refractivity contribution in [3.8, 4) is 11.8 Å². The molecule has 2 aromatic heterocycles. The fraction of sp³-hybridized carbons (Fsp3) is 0.182. The van der Waals surface area contributed by atoms with E-state index in [0.29, 0.717) is 10.0 Å². The van der Waals surface area contributed by atoms with E-state index in [0.717, 1.165) is 9.88 Å². The van der Waals surface area contributed by atoms with Gasteiger partial charge in [0.1, 0.15) is 11.6 Å². The first kappa shape index (κ1) is 12.7. The van der Waals surface area contributed by atoms with Crippen LogP contribution in [0, 0.1) is 18.8 Å². The molecule has 18 heavy (non-hydrogen) atoms. The zero-order valence-electron chi connectivity index (χ0n) is 9.43. The molecule has 2 aromatic rings. The van der Waals surface area contributed by atoms with Crippen molar-refractivity contribution in [2.75, 3.05) is 11.9 Å². The summed E-state index contributed by atoms with van der Waals surface area (Å²) in [6, 6.07) is 3.43. The van der Waals surface area contributed by atoms with Gasteiger partial charge in [0.2, 0.25) is 5.13 Å². The van der Waals surface area contributed by atoms with E-state index in [1.165, 1.54) is 22.7 Å². The van der Waals surface area contributed by atoms with Gasteiger partial charge in [0.25, 0.3) is 5.91 Å². The van der Waals surface area contributed by atoms with Gasteiger partial charge in [0, 0.05) is 0 Å². The number of aliphatic hydroxyl groups is 1. The SMILES string of the molecule is Cc1nnc(NC(=O)c2ccc(C#CCO)s2)s1. The number of carbonyl (C=O) groups is 1. The molecule has 2 heterocycles. The van der Waals surface area contributed by atoms with Gasteiger partial charge in [-0.05, 0) is 19.1 Å². The summed E-state index contributed by atoms with van der Waals surface area (Å²) in [5, 5.41) is 20.2. The van der Waals surface area contributed by atoms with E-state index in [1.807, 2.05) is 6.92 Å². The van der Waals surface area contributed by atoms with Gasteiger partial charge in [-0.2, -0.15) is 0 Å². The summed E-state index contributed by atoms with van der Waals surface area (Å²) in [5.41, 5.74) is 0. The lowest BCUT2D eigenvalue weighted by Crippen LogP contribution is -2.09. The Hall–Kier alpha value is -1.75. The highest BCUT2D eigenvalue weighted by Crippen LogP contribution is 2.19. The molecule has 0 spiro atoms. The predicted molar refractivity (Wildman–Crippen MR) is 70.9 cm³/mol. The minimum atomic E-state index is -0.229. The highest BCUT2D eigenvalue weighted by Gasteiger charge is 2.11. The average molecular weight is 279 g/mol.